The third kappa shape index (κ3) is 4.23. The maximum atomic E-state index is 12.0. The number of hydrogen-bond donors (Lipinski definition) is 0. The van der Waals surface area contributed by atoms with E-state index in [1.54, 1.807) is 0 Å². The minimum atomic E-state index is 0.112. The highest BCUT2D eigenvalue weighted by molar-refractivity contribution is 5.76. The van der Waals surface area contributed by atoms with Gasteiger partial charge in [0.25, 0.3) is 0 Å². The first kappa shape index (κ1) is 12.5. The summed E-state index contributed by atoms with van der Waals surface area (Å²) in [4.78, 5) is 14.1. The van der Waals surface area contributed by atoms with Crippen LogP contribution < -0.4 is 0 Å². The Morgan fingerprint density at radius 3 is 2.07 bits per heavy atom. The molecule has 2 nitrogen and oxygen atoms in total. The fourth-order valence-electron chi connectivity index (χ4n) is 2.43. The molecule has 0 aliphatic carbocycles. The topological polar surface area (TPSA) is 20.3 Å². The molecule has 88 valence electrons. The Labute approximate surface area is 94.0 Å². The SMILES string of the molecule is CC1CC(C)CN(C(=O)CC(C)(C)C)C1. The van der Waals surface area contributed by atoms with E-state index in [9.17, 15) is 4.79 Å². The second-order valence-electron chi connectivity index (χ2n) is 6.48. The predicted octanol–water partition coefficient (Wildman–Crippen LogP) is 2.93. The quantitative estimate of drug-likeness (QED) is 0.653. The van der Waals surface area contributed by atoms with Crippen LogP contribution in [0.1, 0.15) is 47.5 Å². The van der Waals surface area contributed by atoms with Gasteiger partial charge in [-0.15, -0.1) is 0 Å². The van der Waals surface area contributed by atoms with Gasteiger partial charge in [0, 0.05) is 19.5 Å². The van der Waals surface area contributed by atoms with E-state index in [0.29, 0.717) is 24.2 Å². The van der Waals surface area contributed by atoms with Crippen LogP contribution in [0.25, 0.3) is 0 Å². The van der Waals surface area contributed by atoms with Gasteiger partial charge in [-0.3, -0.25) is 4.79 Å². The zero-order valence-corrected chi connectivity index (χ0v) is 10.8. The molecule has 0 aromatic carbocycles. The van der Waals surface area contributed by atoms with Crippen molar-refractivity contribution in [3.8, 4) is 0 Å². The van der Waals surface area contributed by atoms with Crippen molar-refractivity contribution in [2.75, 3.05) is 13.1 Å². The highest BCUT2D eigenvalue weighted by Crippen LogP contribution is 2.25. The zero-order valence-electron chi connectivity index (χ0n) is 10.8. The van der Waals surface area contributed by atoms with E-state index < -0.39 is 0 Å². The number of rotatable bonds is 1. The largest absolute Gasteiger partial charge is 0.342 e. The van der Waals surface area contributed by atoms with E-state index >= 15 is 0 Å². The standard InChI is InChI=1S/C13H25NO/c1-10-6-11(2)9-14(8-10)12(15)7-13(3,4)5/h10-11H,6-9H2,1-5H3. The van der Waals surface area contributed by atoms with Gasteiger partial charge >= 0.3 is 0 Å². The highest BCUT2D eigenvalue weighted by Gasteiger charge is 2.27. The maximum absolute atomic E-state index is 12.0. The minimum Gasteiger partial charge on any atom is -0.342 e. The van der Waals surface area contributed by atoms with Gasteiger partial charge in [-0.1, -0.05) is 34.6 Å². The lowest BCUT2D eigenvalue weighted by Crippen LogP contribution is -2.43. The molecule has 2 heteroatoms. The lowest BCUT2D eigenvalue weighted by atomic mass is 9.88. The van der Waals surface area contributed by atoms with E-state index in [1.807, 2.05) is 0 Å². The summed E-state index contributed by atoms with van der Waals surface area (Å²) in [5.74, 6) is 1.66. The van der Waals surface area contributed by atoms with Crippen molar-refractivity contribution in [2.24, 2.45) is 17.3 Å². The molecule has 1 fully saturated rings. The monoisotopic (exact) mass is 211 g/mol. The summed E-state index contributed by atoms with van der Waals surface area (Å²) in [6.45, 7) is 12.8. The molecule has 0 bridgehead atoms. The first-order chi connectivity index (χ1) is 6.78. The van der Waals surface area contributed by atoms with Crippen molar-refractivity contribution >= 4 is 5.91 Å². The lowest BCUT2D eigenvalue weighted by molar-refractivity contribution is -0.135. The first-order valence-electron chi connectivity index (χ1n) is 6.05. The van der Waals surface area contributed by atoms with E-state index in [2.05, 4.69) is 39.5 Å². The summed E-state index contributed by atoms with van der Waals surface area (Å²) in [5.41, 5.74) is 0.112. The summed E-state index contributed by atoms with van der Waals surface area (Å²) < 4.78 is 0. The molecule has 0 radical (unpaired) electrons. The van der Waals surface area contributed by atoms with E-state index in [1.165, 1.54) is 6.42 Å². The van der Waals surface area contributed by atoms with Crippen LogP contribution in [-0.2, 0) is 4.79 Å². The Balaban J connectivity index is 2.52. The molecule has 2 unspecified atom stereocenters. The van der Waals surface area contributed by atoms with Gasteiger partial charge in [-0.05, 0) is 23.7 Å². The summed E-state index contributed by atoms with van der Waals surface area (Å²) >= 11 is 0. The van der Waals surface area contributed by atoms with Gasteiger partial charge in [0.2, 0.25) is 5.91 Å². The van der Waals surface area contributed by atoms with Crippen LogP contribution >= 0.6 is 0 Å². The van der Waals surface area contributed by atoms with Crippen LogP contribution in [0.15, 0.2) is 0 Å². The number of hydrogen-bond acceptors (Lipinski definition) is 1. The third-order valence-corrected chi connectivity index (χ3v) is 2.90. The summed E-state index contributed by atoms with van der Waals surface area (Å²) in [5, 5.41) is 0. The molecular formula is C13H25NO. The Morgan fingerprint density at radius 2 is 1.67 bits per heavy atom. The van der Waals surface area contributed by atoms with Crippen molar-refractivity contribution in [1.29, 1.82) is 0 Å². The molecular weight excluding hydrogens is 186 g/mol. The number of nitrogens with zero attached hydrogens (tertiary/aromatic N) is 1. The van der Waals surface area contributed by atoms with Crippen molar-refractivity contribution < 1.29 is 4.79 Å². The molecule has 0 aromatic rings. The molecule has 1 heterocycles. The predicted molar refractivity (Wildman–Crippen MR) is 63.6 cm³/mol. The second kappa shape index (κ2) is 4.54. The number of amides is 1. The Morgan fingerprint density at radius 1 is 1.20 bits per heavy atom. The molecule has 2 atom stereocenters. The summed E-state index contributed by atoms with van der Waals surface area (Å²) in [6, 6.07) is 0. The van der Waals surface area contributed by atoms with Gasteiger partial charge in [-0.25, -0.2) is 0 Å². The molecule has 0 aromatic heterocycles. The number of likely N-dealkylation sites (tertiary alicyclic amines) is 1. The molecule has 1 rings (SSSR count). The average molecular weight is 211 g/mol. The Hall–Kier alpha value is -0.530. The molecule has 0 saturated carbocycles. The number of piperidine rings is 1. The lowest BCUT2D eigenvalue weighted by Gasteiger charge is -2.36. The van der Waals surface area contributed by atoms with Crippen molar-refractivity contribution in [2.45, 2.75) is 47.5 Å². The van der Waals surface area contributed by atoms with Crippen LogP contribution in [0, 0.1) is 17.3 Å². The molecule has 0 N–H and O–H groups in total. The minimum absolute atomic E-state index is 0.112. The maximum Gasteiger partial charge on any atom is 0.223 e. The number of carbonyl (C=O) groups excluding carboxylic acids is 1. The van der Waals surface area contributed by atoms with Gasteiger partial charge in [0.15, 0.2) is 0 Å². The molecule has 1 aliphatic heterocycles. The fourth-order valence-corrected chi connectivity index (χ4v) is 2.43. The van der Waals surface area contributed by atoms with Gasteiger partial charge in [0.05, 0.1) is 0 Å². The van der Waals surface area contributed by atoms with Gasteiger partial charge in [0.1, 0.15) is 0 Å². The smallest absolute Gasteiger partial charge is 0.223 e. The second-order valence-corrected chi connectivity index (χ2v) is 6.48. The normalized spacial score (nSPS) is 27.9. The Bertz CT molecular complexity index is 219. The summed E-state index contributed by atoms with van der Waals surface area (Å²) in [6.07, 6.45) is 1.94. The molecule has 0 spiro atoms. The van der Waals surface area contributed by atoms with Crippen LogP contribution in [0.5, 0.6) is 0 Å². The van der Waals surface area contributed by atoms with Crippen LogP contribution in [0.3, 0.4) is 0 Å². The molecule has 15 heavy (non-hydrogen) atoms. The van der Waals surface area contributed by atoms with E-state index in [4.69, 9.17) is 0 Å². The van der Waals surface area contributed by atoms with E-state index in [0.717, 1.165) is 13.1 Å². The van der Waals surface area contributed by atoms with Crippen LogP contribution in [0.4, 0.5) is 0 Å². The molecule has 1 saturated heterocycles. The fraction of sp³-hybridized carbons (Fsp3) is 0.923. The Kier molecular flexibility index (Phi) is 3.80. The van der Waals surface area contributed by atoms with Crippen LogP contribution in [-0.4, -0.2) is 23.9 Å². The van der Waals surface area contributed by atoms with E-state index in [-0.39, 0.29) is 5.41 Å². The average Bonchev–Trinajstić information content (AvgIpc) is 1.98. The third-order valence-electron chi connectivity index (χ3n) is 2.90. The molecule has 1 aliphatic rings. The van der Waals surface area contributed by atoms with Crippen molar-refractivity contribution in [1.82, 2.24) is 4.90 Å². The van der Waals surface area contributed by atoms with Crippen LogP contribution in [0.2, 0.25) is 0 Å². The zero-order chi connectivity index (χ0) is 11.6. The number of carbonyl (C=O) groups is 1. The van der Waals surface area contributed by atoms with Gasteiger partial charge in [-0.2, -0.15) is 0 Å². The highest BCUT2D eigenvalue weighted by atomic mass is 16.2. The first-order valence-corrected chi connectivity index (χ1v) is 6.05. The molecule has 1 amide bonds. The summed E-state index contributed by atoms with van der Waals surface area (Å²) in [7, 11) is 0. The van der Waals surface area contributed by atoms with Crippen molar-refractivity contribution in [3.63, 3.8) is 0 Å². The van der Waals surface area contributed by atoms with Gasteiger partial charge < -0.3 is 4.90 Å². The van der Waals surface area contributed by atoms with Crippen molar-refractivity contribution in [3.05, 3.63) is 0 Å².